The number of hydrogen-bond acceptors (Lipinski definition) is 6. The second-order valence-electron chi connectivity index (χ2n) is 8.38. The summed E-state index contributed by atoms with van der Waals surface area (Å²) in [5, 5.41) is 13.8. The molecular weight excluding hydrogens is 461 g/mol. The van der Waals surface area contributed by atoms with Gasteiger partial charge in [-0.2, -0.15) is 0 Å². The van der Waals surface area contributed by atoms with Crippen molar-refractivity contribution < 1.29 is 14.1 Å². The molecule has 0 saturated carbocycles. The number of aromatic nitrogens is 1. The lowest BCUT2D eigenvalue weighted by molar-refractivity contribution is -0.380. The highest BCUT2D eigenvalue weighted by atomic mass is 32.1. The molecule has 1 amide bonds. The first kappa shape index (κ1) is 22.8. The van der Waals surface area contributed by atoms with E-state index >= 15 is 0 Å². The number of hydrogen-bond donors (Lipinski definition) is 1. The topological polar surface area (TPSA) is 85.1 Å². The summed E-state index contributed by atoms with van der Waals surface area (Å²) in [5.41, 5.74) is 3.27. The van der Waals surface area contributed by atoms with Gasteiger partial charge in [0.1, 0.15) is 5.82 Å². The number of carbonyl (C=O) groups is 1. The van der Waals surface area contributed by atoms with E-state index in [1.165, 1.54) is 41.2 Å². The van der Waals surface area contributed by atoms with E-state index in [2.05, 4.69) is 31.1 Å². The van der Waals surface area contributed by atoms with Crippen LogP contribution in [0.15, 0.2) is 60.7 Å². The van der Waals surface area contributed by atoms with Gasteiger partial charge >= 0.3 is 5.00 Å². The molecule has 2 aromatic heterocycles. The van der Waals surface area contributed by atoms with Crippen LogP contribution in [0.4, 0.5) is 14.5 Å². The average Bonchev–Trinajstić information content (AvgIpc) is 3.41. The largest absolute Gasteiger partial charge is 0.324 e. The van der Waals surface area contributed by atoms with Crippen LogP contribution >= 0.6 is 22.7 Å². The van der Waals surface area contributed by atoms with E-state index < -0.39 is 10.8 Å². The van der Waals surface area contributed by atoms with Crippen molar-refractivity contribution in [1.29, 1.82) is 0 Å². The lowest BCUT2D eigenvalue weighted by atomic mass is 9.86. The summed E-state index contributed by atoms with van der Waals surface area (Å²) in [5.74, 6) is -0.853. The van der Waals surface area contributed by atoms with Gasteiger partial charge in [0.05, 0.1) is 20.4 Å². The van der Waals surface area contributed by atoms with Gasteiger partial charge in [0.2, 0.25) is 0 Å². The van der Waals surface area contributed by atoms with E-state index in [0.717, 1.165) is 16.9 Å². The number of thiophene rings is 1. The molecule has 0 unspecified atom stereocenters. The number of nitrogens with one attached hydrogen (secondary N) is 1. The minimum Gasteiger partial charge on any atom is -0.297 e. The first-order valence-corrected chi connectivity index (χ1v) is 11.7. The molecule has 0 aliphatic heterocycles. The van der Waals surface area contributed by atoms with Crippen molar-refractivity contribution in [2.45, 2.75) is 26.2 Å². The summed E-state index contributed by atoms with van der Waals surface area (Å²) in [4.78, 5) is 28.6. The van der Waals surface area contributed by atoms with Crippen LogP contribution in [0.25, 0.3) is 21.7 Å². The van der Waals surface area contributed by atoms with Crippen LogP contribution < -0.4 is 5.32 Å². The van der Waals surface area contributed by atoms with Gasteiger partial charge in [-0.25, -0.2) is 9.37 Å². The number of amides is 1. The van der Waals surface area contributed by atoms with Gasteiger partial charge in [0.25, 0.3) is 5.91 Å². The summed E-state index contributed by atoms with van der Waals surface area (Å²) in [7, 11) is 0. The molecule has 2 aromatic carbocycles. The number of anilines is 1. The fourth-order valence-corrected chi connectivity index (χ4v) is 4.92. The van der Waals surface area contributed by atoms with Crippen LogP contribution in [0.3, 0.4) is 0 Å². The molecule has 0 saturated heterocycles. The van der Waals surface area contributed by atoms with Crippen LogP contribution in [-0.2, 0) is 5.41 Å². The number of nitrogens with zero attached hydrogens (tertiary/aromatic N) is 2. The summed E-state index contributed by atoms with van der Waals surface area (Å²) in [6.45, 7) is 6.39. The zero-order valence-electron chi connectivity index (χ0n) is 18.1. The standard InChI is InChI=1S/C24H20FN3O3S2/c1-24(2,3)16-9-7-14(8-10-16)20-21(15-5-4-6-17(25)13-15)33-23(26-20)27-22(29)18-11-12-19(32-18)28(30)31/h4-13H,1-3H3,(H,26,27,29). The van der Waals surface area contributed by atoms with Crippen molar-refractivity contribution in [3.8, 4) is 21.7 Å². The number of carbonyl (C=O) groups excluding carboxylic acids is 1. The highest BCUT2D eigenvalue weighted by molar-refractivity contribution is 7.20. The van der Waals surface area contributed by atoms with Crippen molar-refractivity contribution in [1.82, 2.24) is 4.98 Å². The zero-order valence-corrected chi connectivity index (χ0v) is 19.7. The van der Waals surface area contributed by atoms with E-state index in [9.17, 15) is 19.3 Å². The number of nitro groups is 1. The van der Waals surface area contributed by atoms with Crippen LogP contribution in [-0.4, -0.2) is 15.8 Å². The minimum absolute atomic E-state index is 0.00551. The van der Waals surface area contributed by atoms with E-state index in [4.69, 9.17) is 0 Å². The Morgan fingerprint density at radius 2 is 1.76 bits per heavy atom. The highest BCUT2D eigenvalue weighted by Crippen LogP contribution is 2.40. The maximum atomic E-state index is 13.9. The third-order valence-corrected chi connectivity index (χ3v) is 7.01. The SMILES string of the molecule is CC(C)(C)c1ccc(-c2nc(NC(=O)c3ccc([N+](=O)[O-])s3)sc2-c2cccc(F)c2)cc1. The Bertz CT molecular complexity index is 1340. The van der Waals surface area contributed by atoms with Gasteiger partial charge in [0.15, 0.2) is 5.13 Å². The molecule has 0 radical (unpaired) electrons. The average molecular weight is 482 g/mol. The smallest absolute Gasteiger partial charge is 0.297 e. The molecule has 0 aliphatic rings. The van der Waals surface area contributed by atoms with Crippen LogP contribution in [0, 0.1) is 15.9 Å². The molecule has 168 valence electrons. The van der Waals surface area contributed by atoms with Crippen molar-refractivity contribution in [2.24, 2.45) is 0 Å². The van der Waals surface area contributed by atoms with Gasteiger partial charge in [-0.15, -0.1) is 0 Å². The van der Waals surface area contributed by atoms with Gasteiger partial charge in [-0.05, 0) is 34.7 Å². The second-order valence-corrected chi connectivity index (χ2v) is 10.4. The van der Waals surface area contributed by atoms with Crippen molar-refractivity contribution in [3.05, 3.63) is 87.0 Å². The van der Waals surface area contributed by atoms with E-state index in [1.807, 2.05) is 24.3 Å². The molecule has 0 atom stereocenters. The van der Waals surface area contributed by atoms with E-state index in [0.29, 0.717) is 21.3 Å². The molecule has 4 aromatic rings. The Morgan fingerprint density at radius 1 is 1.03 bits per heavy atom. The van der Waals surface area contributed by atoms with Crippen LogP contribution in [0.5, 0.6) is 0 Å². The molecule has 0 spiro atoms. The molecule has 33 heavy (non-hydrogen) atoms. The lowest BCUT2D eigenvalue weighted by Gasteiger charge is -2.19. The van der Waals surface area contributed by atoms with Gasteiger partial charge in [0, 0.05) is 11.6 Å². The fourth-order valence-electron chi connectivity index (χ4n) is 3.23. The molecule has 0 fully saturated rings. The van der Waals surface area contributed by atoms with E-state index in [-0.39, 0.29) is 21.1 Å². The Kier molecular flexibility index (Phi) is 6.09. The molecule has 2 heterocycles. The zero-order chi connectivity index (χ0) is 23.8. The Balaban J connectivity index is 1.72. The summed E-state index contributed by atoms with van der Waals surface area (Å²) >= 11 is 2.02. The maximum Gasteiger partial charge on any atom is 0.324 e. The Morgan fingerprint density at radius 3 is 2.36 bits per heavy atom. The Labute approximate surface area is 197 Å². The molecule has 0 bridgehead atoms. The molecule has 0 aliphatic carbocycles. The van der Waals surface area contributed by atoms with Gasteiger partial charge < -0.3 is 0 Å². The van der Waals surface area contributed by atoms with Crippen molar-refractivity contribution in [3.63, 3.8) is 0 Å². The molecule has 1 N–H and O–H groups in total. The van der Waals surface area contributed by atoms with Crippen molar-refractivity contribution >= 4 is 38.7 Å². The fraction of sp³-hybridized carbons (Fsp3) is 0.167. The molecule has 6 nitrogen and oxygen atoms in total. The van der Waals surface area contributed by atoms with Crippen LogP contribution in [0.2, 0.25) is 0 Å². The minimum atomic E-state index is -0.535. The Hall–Kier alpha value is -3.43. The normalized spacial score (nSPS) is 11.4. The lowest BCUT2D eigenvalue weighted by Crippen LogP contribution is -2.10. The van der Waals surface area contributed by atoms with Crippen LogP contribution in [0.1, 0.15) is 36.0 Å². The molecule has 9 heteroatoms. The predicted molar refractivity (Wildman–Crippen MR) is 131 cm³/mol. The highest BCUT2D eigenvalue weighted by Gasteiger charge is 2.21. The third kappa shape index (κ3) is 4.99. The van der Waals surface area contributed by atoms with Gasteiger partial charge in [-0.1, -0.05) is 79.8 Å². The number of rotatable bonds is 5. The number of halogens is 1. The third-order valence-electron chi connectivity index (χ3n) is 4.95. The molecular formula is C24H20FN3O3S2. The number of benzene rings is 2. The van der Waals surface area contributed by atoms with Gasteiger partial charge in [-0.3, -0.25) is 20.2 Å². The quantitative estimate of drug-likeness (QED) is 0.243. The monoisotopic (exact) mass is 481 g/mol. The first-order valence-electron chi connectivity index (χ1n) is 10.0. The summed E-state index contributed by atoms with van der Waals surface area (Å²) < 4.78 is 13.9. The predicted octanol–water partition coefficient (Wildman–Crippen LogP) is 7.14. The van der Waals surface area contributed by atoms with Crippen molar-refractivity contribution in [2.75, 3.05) is 5.32 Å². The number of thiazole rings is 1. The first-order chi connectivity index (χ1) is 15.6. The second kappa shape index (κ2) is 8.84. The summed E-state index contributed by atoms with van der Waals surface area (Å²) in [6, 6.07) is 16.9. The maximum absolute atomic E-state index is 13.9. The molecule has 4 rings (SSSR count). The summed E-state index contributed by atoms with van der Waals surface area (Å²) in [6.07, 6.45) is 0. The van der Waals surface area contributed by atoms with E-state index in [1.54, 1.807) is 12.1 Å².